The summed E-state index contributed by atoms with van der Waals surface area (Å²) in [5.74, 6) is 1.05. The molecular weight excluding hydrogens is 819 g/mol. The Morgan fingerprint density at radius 2 is 1.29 bits per heavy atom. The molecule has 0 spiro atoms. The van der Waals surface area contributed by atoms with Gasteiger partial charge in [0.1, 0.15) is 0 Å². The summed E-state index contributed by atoms with van der Waals surface area (Å²) in [6.07, 6.45) is 24.9. The van der Waals surface area contributed by atoms with Gasteiger partial charge in [-0.2, -0.15) is 0 Å². The van der Waals surface area contributed by atoms with Crippen LogP contribution in [0.2, 0.25) is 0 Å². The van der Waals surface area contributed by atoms with Crippen LogP contribution in [-0.4, -0.2) is 4.57 Å². The van der Waals surface area contributed by atoms with Crippen molar-refractivity contribution in [1.29, 1.82) is 0 Å². The average Bonchev–Trinajstić information content (AvgIpc) is 3.79. The van der Waals surface area contributed by atoms with Gasteiger partial charge in [0.15, 0.2) is 0 Å². The molecule has 2 unspecified atom stereocenters. The van der Waals surface area contributed by atoms with Crippen LogP contribution in [0.1, 0.15) is 128 Å². The Hall–Kier alpha value is -6.96. The largest absolute Gasteiger partial charge is 0.317 e. The fraction of sp³-hybridized carbons (Fsp3) is 0.224. The molecule has 1 heteroatoms. The molecule has 10 rings (SSSR count). The molecule has 0 fully saturated rings. The maximum absolute atomic E-state index is 4.17. The number of allylic oxidation sites excluding steroid dienone is 9. The highest BCUT2D eigenvalue weighted by Crippen LogP contribution is 2.49. The van der Waals surface area contributed by atoms with Crippen molar-refractivity contribution in [1.82, 2.24) is 4.57 Å². The van der Waals surface area contributed by atoms with E-state index in [2.05, 4.69) is 229 Å². The number of hydrogen-bond donors (Lipinski definition) is 0. The summed E-state index contributed by atoms with van der Waals surface area (Å²) in [6, 6.07) is 53.2. The lowest BCUT2D eigenvalue weighted by Crippen LogP contribution is -2.15. The molecule has 0 saturated carbocycles. The first-order chi connectivity index (χ1) is 33.0. The van der Waals surface area contributed by atoms with Gasteiger partial charge in [-0.05, 0) is 115 Å². The lowest BCUT2D eigenvalue weighted by Gasteiger charge is -2.22. The minimum atomic E-state index is 0.0326. The highest BCUT2D eigenvalue weighted by molar-refractivity contribution is 5.81. The van der Waals surface area contributed by atoms with E-state index in [1.54, 1.807) is 0 Å². The third kappa shape index (κ3) is 11.2. The molecular formula is C67H71N. The maximum atomic E-state index is 4.17. The molecule has 7 aromatic rings. The van der Waals surface area contributed by atoms with Crippen LogP contribution >= 0.6 is 0 Å². The lowest BCUT2D eigenvalue weighted by atomic mass is 9.81. The molecule has 0 N–H and O–H groups in total. The van der Waals surface area contributed by atoms with Gasteiger partial charge in [0.2, 0.25) is 0 Å². The predicted molar refractivity (Wildman–Crippen MR) is 297 cm³/mol. The molecule has 3 aliphatic carbocycles. The van der Waals surface area contributed by atoms with Gasteiger partial charge < -0.3 is 4.57 Å². The fourth-order valence-corrected chi connectivity index (χ4v) is 9.81. The normalized spacial score (nSPS) is 15.8. The van der Waals surface area contributed by atoms with Crippen LogP contribution in [0.3, 0.4) is 0 Å². The summed E-state index contributed by atoms with van der Waals surface area (Å²) in [5.41, 5.74) is 22.4. The second-order valence-corrected chi connectivity index (χ2v) is 18.8. The lowest BCUT2D eigenvalue weighted by molar-refractivity contribution is 0.659. The van der Waals surface area contributed by atoms with Crippen LogP contribution in [-0.2, 0) is 11.8 Å². The minimum Gasteiger partial charge on any atom is -0.317 e. The SMILES string of the molecule is C=C(/C=C\C)/C=C\c1c2c(n(-c3ccc(-c4ccc(Cc5ccc6c(c5)C(C)(C)c5ccccc5-6)cc4)cc3)c1C)C(C)CC=C2.CC.Cc1ccc(C2C=CC=CC2)cc1.Cc1ccccc1. The standard InChI is InChI=1S/C45H43N.C13H14.C7H8.C2H6/c1-7-11-30(2)16-26-38-32(4)46(44-31(3)12-10-14-41(38)44)37-24-22-36(23-25-37)35-20-17-33(18-21-35)28-34-19-27-40-39-13-8-9-15-42(39)45(5,6)43(40)29-34;1-11-7-9-13(10-8-11)12-5-3-2-4-6-12;1-7-5-3-2-4-6-7;1-2/h7-11,13-27,29,31H,2,12,28H2,1,3-6H3;2-5,7-10,12H,6H2,1H3;2-6H,1H3;1-2H3/b11-7-,26-16-;;;. The van der Waals surface area contributed by atoms with Crippen molar-refractivity contribution in [2.45, 2.75) is 98.8 Å². The van der Waals surface area contributed by atoms with E-state index in [1.807, 2.05) is 51.1 Å². The number of aryl methyl sites for hydroxylation is 2. The van der Waals surface area contributed by atoms with E-state index in [9.17, 15) is 0 Å². The van der Waals surface area contributed by atoms with E-state index in [1.165, 1.54) is 89.4 Å². The Balaban J connectivity index is 0.000000254. The molecule has 0 amide bonds. The van der Waals surface area contributed by atoms with E-state index >= 15 is 0 Å². The average molecular weight is 890 g/mol. The van der Waals surface area contributed by atoms with Gasteiger partial charge >= 0.3 is 0 Å². The Morgan fingerprint density at radius 3 is 1.94 bits per heavy atom. The number of fused-ring (bicyclic) bond motifs is 4. The van der Waals surface area contributed by atoms with Crippen molar-refractivity contribution in [3.8, 4) is 27.9 Å². The Labute approximate surface area is 409 Å². The first kappa shape index (κ1) is 49.0. The molecule has 3 aliphatic rings. The Kier molecular flexibility index (Phi) is 16.3. The molecule has 1 heterocycles. The summed E-state index contributed by atoms with van der Waals surface area (Å²) in [5, 5.41) is 0. The van der Waals surface area contributed by atoms with Crippen LogP contribution in [0.4, 0.5) is 0 Å². The summed E-state index contributed by atoms with van der Waals surface area (Å²) in [4.78, 5) is 0. The van der Waals surface area contributed by atoms with Gasteiger partial charge in [-0.15, -0.1) is 0 Å². The van der Waals surface area contributed by atoms with Crippen molar-refractivity contribution >= 4 is 12.2 Å². The fourth-order valence-electron chi connectivity index (χ4n) is 9.81. The van der Waals surface area contributed by atoms with Crippen molar-refractivity contribution in [2.24, 2.45) is 0 Å². The molecule has 0 aliphatic heterocycles. The summed E-state index contributed by atoms with van der Waals surface area (Å²) in [6.45, 7) is 23.7. The molecule has 344 valence electrons. The van der Waals surface area contributed by atoms with Crippen molar-refractivity contribution in [2.75, 3.05) is 0 Å². The third-order valence-electron chi connectivity index (χ3n) is 13.5. The molecule has 1 aromatic heterocycles. The molecule has 68 heavy (non-hydrogen) atoms. The number of nitrogens with zero attached hydrogens (tertiary/aromatic N) is 1. The molecule has 0 bridgehead atoms. The van der Waals surface area contributed by atoms with Gasteiger partial charge in [0.05, 0.1) is 0 Å². The quantitative estimate of drug-likeness (QED) is 0.134. The van der Waals surface area contributed by atoms with Crippen LogP contribution in [0.25, 0.3) is 40.1 Å². The van der Waals surface area contributed by atoms with Crippen LogP contribution in [0.15, 0.2) is 206 Å². The zero-order valence-corrected chi connectivity index (χ0v) is 42.1. The monoisotopic (exact) mass is 890 g/mol. The second-order valence-electron chi connectivity index (χ2n) is 18.8. The van der Waals surface area contributed by atoms with Crippen molar-refractivity contribution in [3.05, 3.63) is 268 Å². The van der Waals surface area contributed by atoms with E-state index in [-0.39, 0.29) is 5.41 Å². The van der Waals surface area contributed by atoms with E-state index < -0.39 is 0 Å². The van der Waals surface area contributed by atoms with Gasteiger partial charge in [-0.1, -0.05) is 247 Å². The summed E-state index contributed by atoms with van der Waals surface area (Å²) < 4.78 is 2.46. The zero-order valence-electron chi connectivity index (χ0n) is 42.1. The second kappa shape index (κ2) is 22.7. The smallest absolute Gasteiger partial charge is 0.0456 e. The number of benzene rings is 6. The van der Waals surface area contributed by atoms with Crippen LogP contribution in [0, 0.1) is 20.8 Å². The molecule has 0 radical (unpaired) electrons. The first-order valence-electron chi connectivity index (χ1n) is 24.8. The summed E-state index contributed by atoms with van der Waals surface area (Å²) in [7, 11) is 0. The summed E-state index contributed by atoms with van der Waals surface area (Å²) >= 11 is 0. The maximum Gasteiger partial charge on any atom is 0.0456 e. The number of hydrogen-bond acceptors (Lipinski definition) is 0. The van der Waals surface area contributed by atoms with E-state index in [4.69, 9.17) is 0 Å². The molecule has 0 saturated heterocycles. The number of aromatic nitrogens is 1. The number of rotatable bonds is 8. The van der Waals surface area contributed by atoms with Gasteiger partial charge in [0, 0.05) is 45.5 Å². The first-order valence-corrected chi connectivity index (χ1v) is 24.8. The Bertz CT molecular complexity index is 2940. The van der Waals surface area contributed by atoms with Crippen LogP contribution < -0.4 is 0 Å². The highest BCUT2D eigenvalue weighted by atomic mass is 15.0. The third-order valence-corrected chi connectivity index (χ3v) is 13.5. The Morgan fingerprint density at radius 1 is 0.662 bits per heavy atom. The van der Waals surface area contributed by atoms with Crippen molar-refractivity contribution < 1.29 is 0 Å². The zero-order chi connectivity index (χ0) is 48.2. The van der Waals surface area contributed by atoms with Gasteiger partial charge in [-0.3, -0.25) is 0 Å². The molecule has 6 aromatic carbocycles. The topological polar surface area (TPSA) is 4.93 Å². The molecule has 2 atom stereocenters. The van der Waals surface area contributed by atoms with E-state index in [0.717, 1.165) is 24.8 Å². The van der Waals surface area contributed by atoms with Gasteiger partial charge in [-0.25, -0.2) is 0 Å². The van der Waals surface area contributed by atoms with Crippen molar-refractivity contribution in [3.63, 3.8) is 0 Å². The van der Waals surface area contributed by atoms with Crippen LogP contribution in [0.5, 0.6) is 0 Å². The van der Waals surface area contributed by atoms with E-state index in [0.29, 0.717) is 11.8 Å². The minimum absolute atomic E-state index is 0.0326. The molecule has 1 nitrogen and oxygen atoms in total. The highest BCUT2D eigenvalue weighted by Gasteiger charge is 2.35. The van der Waals surface area contributed by atoms with Gasteiger partial charge in [0.25, 0.3) is 0 Å². The predicted octanol–water partition coefficient (Wildman–Crippen LogP) is 18.6.